The first-order valence-electron chi connectivity index (χ1n) is 11.2. The maximum atomic E-state index is 14.7. The van der Waals surface area contributed by atoms with Gasteiger partial charge >= 0.3 is 0 Å². The topological polar surface area (TPSA) is 95.6 Å². The Kier molecular flexibility index (Phi) is 5.46. The van der Waals surface area contributed by atoms with E-state index in [1.54, 1.807) is 6.20 Å². The van der Waals surface area contributed by atoms with Crippen LogP contribution in [0.25, 0.3) is 11.0 Å². The van der Waals surface area contributed by atoms with Gasteiger partial charge < -0.3 is 15.6 Å². The Bertz CT molecular complexity index is 1180. The van der Waals surface area contributed by atoms with E-state index in [9.17, 15) is 18.0 Å². The minimum Gasteiger partial charge on any atom is -0.367 e. The van der Waals surface area contributed by atoms with Crippen molar-refractivity contribution < 1.29 is 18.0 Å². The summed E-state index contributed by atoms with van der Waals surface area (Å²) in [4.78, 5) is 28.8. The molecule has 0 aliphatic heterocycles. The molecule has 0 saturated heterocycles. The SMILES string of the molecule is CC(Nc1ncnc2[nH]cc(C(=O)c3cnc(NC4CCC(F)(F)CC4)c(F)c3)c12)C1CC1. The van der Waals surface area contributed by atoms with Gasteiger partial charge in [0.05, 0.1) is 10.9 Å². The van der Waals surface area contributed by atoms with Crippen LogP contribution in [0.2, 0.25) is 0 Å². The molecule has 1 unspecified atom stereocenters. The van der Waals surface area contributed by atoms with Crippen molar-refractivity contribution in [3.05, 3.63) is 41.7 Å². The lowest BCUT2D eigenvalue weighted by molar-refractivity contribution is -0.0361. The summed E-state index contributed by atoms with van der Waals surface area (Å²) < 4.78 is 41.5. The predicted octanol–water partition coefficient (Wildman–Crippen LogP) is 4.92. The minimum absolute atomic E-state index is 0.0374. The molecule has 33 heavy (non-hydrogen) atoms. The van der Waals surface area contributed by atoms with E-state index in [1.807, 2.05) is 0 Å². The fraction of sp³-hybridized carbons (Fsp3) is 0.478. The van der Waals surface area contributed by atoms with Crippen LogP contribution in [0.3, 0.4) is 0 Å². The van der Waals surface area contributed by atoms with E-state index >= 15 is 0 Å². The number of fused-ring (bicyclic) bond motifs is 1. The van der Waals surface area contributed by atoms with Crippen molar-refractivity contribution in [1.29, 1.82) is 0 Å². The molecule has 3 aromatic rings. The third-order valence-corrected chi connectivity index (χ3v) is 6.57. The number of nitrogens with one attached hydrogen (secondary N) is 3. The number of rotatable bonds is 7. The molecule has 1 atom stereocenters. The monoisotopic (exact) mass is 458 g/mol. The van der Waals surface area contributed by atoms with E-state index in [0.717, 1.165) is 18.9 Å². The van der Waals surface area contributed by atoms with Gasteiger partial charge in [-0.3, -0.25) is 4.79 Å². The first-order chi connectivity index (χ1) is 15.8. The lowest BCUT2D eigenvalue weighted by Crippen LogP contribution is -2.32. The number of carbonyl (C=O) groups excluding carboxylic acids is 1. The second kappa shape index (κ2) is 8.31. The summed E-state index contributed by atoms with van der Waals surface area (Å²) in [6, 6.07) is 1.06. The Morgan fingerprint density at radius 1 is 1.15 bits per heavy atom. The Balaban J connectivity index is 1.37. The number of carbonyl (C=O) groups is 1. The molecule has 3 heterocycles. The molecule has 0 spiro atoms. The number of nitrogens with zero attached hydrogens (tertiary/aromatic N) is 3. The molecule has 174 valence electrons. The number of pyridine rings is 1. The number of alkyl halides is 2. The van der Waals surface area contributed by atoms with Crippen molar-refractivity contribution in [2.24, 2.45) is 5.92 Å². The minimum atomic E-state index is -2.66. The van der Waals surface area contributed by atoms with E-state index in [1.165, 1.54) is 12.5 Å². The van der Waals surface area contributed by atoms with E-state index in [-0.39, 0.29) is 49.1 Å². The van der Waals surface area contributed by atoms with Crippen LogP contribution in [0.1, 0.15) is 61.4 Å². The lowest BCUT2D eigenvalue weighted by atomic mass is 9.92. The number of hydrogen-bond acceptors (Lipinski definition) is 6. The standard InChI is InChI=1S/C23H25F3N6O/c1-12(13-2-3-13)31-22-18-16(10-28-21(18)29-11-30-22)19(33)14-8-17(24)20(27-9-14)32-15-4-6-23(25,26)7-5-15/h8-13,15H,2-7H2,1H3,(H,27,32)(H2,28,29,30,31). The molecular formula is C23H25F3N6O. The molecule has 2 saturated carbocycles. The van der Waals surface area contributed by atoms with Crippen LogP contribution in [0, 0.1) is 11.7 Å². The van der Waals surface area contributed by atoms with Crippen LogP contribution in [0.15, 0.2) is 24.8 Å². The molecule has 0 aromatic carbocycles. The van der Waals surface area contributed by atoms with Crippen molar-refractivity contribution in [2.75, 3.05) is 10.6 Å². The molecule has 3 N–H and O–H groups in total. The number of anilines is 2. The normalized spacial score (nSPS) is 19.4. The summed E-state index contributed by atoms with van der Waals surface area (Å²) in [6.07, 6.45) is 6.60. The summed E-state index contributed by atoms with van der Waals surface area (Å²) in [5.74, 6) is -2.66. The average molecular weight is 458 g/mol. The van der Waals surface area contributed by atoms with Gasteiger partial charge in [-0.15, -0.1) is 0 Å². The third-order valence-electron chi connectivity index (χ3n) is 6.57. The highest BCUT2D eigenvalue weighted by atomic mass is 19.3. The smallest absolute Gasteiger partial charge is 0.248 e. The van der Waals surface area contributed by atoms with E-state index in [4.69, 9.17) is 0 Å². The predicted molar refractivity (Wildman–Crippen MR) is 118 cm³/mol. The van der Waals surface area contributed by atoms with Crippen LogP contribution in [-0.4, -0.2) is 43.7 Å². The van der Waals surface area contributed by atoms with Crippen molar-refractivity contribution >= 4 is 28.5 Å². The maximum Gasteiger partial charge on any atom is 0.248 e. The number of halogens is 3. The molecule has 2 aliphatic rings. The first kappa shape index (κ1) is 21.7. The first-order valence-corrected chi connectivity index (χ1v) is 11.2. The summed E-state index contributed by atoms with van der Waals surface area (Å²) in [5, 5.41) is 6.83. The second-order valence-electron chi connectivity index (χ2n) is 9.08. The van der Waals surface area contributed by atoms with Gasteiger partial charge in [0.25, 0.3) is 0 Å². The maximum absolute atomic E-state index is 14.7. The van der Waals surface area contributed by atoms with E-state index in [2.05, 4.69) is 37.5 Å². The zero-order valence-electron chi connectivity index (χ0n) is 18.2. The number of H-pyrrole nitrogens is 1. The molecule has 0 radical (unpaired) electrons. The largest absolute Gasteiger partial charge is 0.367 e. The van der Waals surface area contributed by atoms with Gasteiger partial charge in [-0.25, -0.2) is 28.1 Å². The molecule has 2 fully saturated rings. The van der Waals surface area contributed by atoms with Gasteiger partial charge in [0.2, 0.25) is 5.92 Å². The number of aromatic amines is 1. The van der Waals surface area contributed by atoms with Gasteiger partial charge in [0.15, 0.2) is 17.4 Å². The summed E-state index contributed by atoms with van der Waals surface area (Å²) in [7, 11) is 0. The van der Waals surface area contributed by atoms with E-state index < -0.39 is 17.5 Å². The number of hydrogen-bond donors (Lipinski definition) is 3. The van der Waals surface area contributed by atoms with Gasteiger partial charge in [-0.2, -0.15) is 0 Å². The molecule has 2 aliphatic carbocycles. The van der Waals surface area contributed by atoms with Crippen LogP contribution < -0.4 is 10.6 Å². The zero-order valence-corrected chi connectivity index (χ0v) is 18.2. The van der Waals surface area contributed by atoms with Crippen LogP contribution in [0.4, 0.5) is 24.8 Å². The summed E-state index contributed by atoms with van der Waals surface area (Å²) in [5.41, 5.74) is 0.923. The van der Waals surface area contributed by atoms with Crippen molar-refractivity contribution in [1.82, 2.24) is 19.9 Å². The highest BCUT2D eigenvalue weighted by Gasteiger charge is 2.35. The van der Waals surface area contributed by atoms with Gasteiger partial charge in [0.1, 0.15) is 17.8 Å². The zero-order chi connectivity index (χ0) is 23.2. The molecular weight excluding hydrogens is 433 g/mol. The number of aromatic nitrogens is 4. The molecule has 3 aromatic heterocycles. The fourth-order valence-corrected chi connectivity index (χ4v) is 4.38. The highest BCUT2D eigenvalue weighted by molar-refractivity contribution is 6.17. The summed E-state index contributed by atoms with van der Waals surface area (Å²) in [6.45, 7) is 2.08. The Morgan fingerprint density at radius 3 is 2.61 bits per heavy atom. The highest BCUT2D eigenvalue weighted by Crippen LogP contribution is 2.36. The van der Waals surface area contributed by atoms with Crippen molar-refractivity contribution in [3.63, 3.8) is 0 Å². The number of ketones is 1. The van der Waals surface area contributed by atoms with Crippen molar-refractivity contribution in [2.45, 2.75) is 63.5 Å². The Morgan fingerprint density at radius 2 is 1.91 bits per heavy atom. The summed E-state index contributed by atoms with van der Waals surface area (Å²) >= 11 is 0. The molecule has 10 heteroatoms. The van der Waals surface area contributed by atoms with Crippen LogP contribution in [-0.2, 0) is 0 Å². The Labute approximate surface area is 188 Å². The quantitative estimate of drug-likeness (QED) is 0.435. The van der Waals surface area contributed by atoms with Crippen LogP contribution >= 0.6 is 0 Å². The molecule has 0 bridgehead atoms. The van der Waals surface area contributed by atoms with Crippen molar-refractivity contribution in [3.8, 4) is 0 Å². The average Bonchev–Trinajstić information content (AvgIpc) is 3.55. The molecule has 5 rings (SSSR count). The van der Waals surface area contributed by atoms with Gasteiger partial charge in [0, 0.05) is 42.9 Å². The van der Waals surface area contributed by atoms with E-state index in [0.29, 0.717) is 28.3 Å². The fourth-order valence-electron chi connectivity index (χ4n) is 4.38. The van der Waals surface area contributed by atoms with Gasteiger partial charge in [-0.05, 0) is 44.6 Å². The molecule has 7 nitrogen and oxygen atoms in total. The third kappa shape index (κ3) is 4.51. The van der Waals surface area contributed by atoms with Crippen LogP contribution in [0.5, 0.6) is 0 Å². The molecule has 0 amide bonds. The Hall–Kier alpha value is -3.17. The second-order valence-corrected chi connectivity index (χ2v) is 9.08. The van der Waals surface area contributed by atoms with Gasteiger partial charge in [-0.1, -0.05) is 0 Å². The lowest BCUT2D eigenvalue weighted by Gasteiger charge is -2.29.